The number of imidazole rings is 1. The Morgan fingerprint density at radius 2 is 2.36 bits per heavy atom. The van der Waals surface area contributed by atoms with Gasteiger partial charge in [0.1, 0.15) is 0 Å². The van der Waals surface area contributed by atoms with Crippen molar-refractivity contribution in [1.82, 2.24) is 9.97 Å². The van der Waals surface area contributed by atoms with Crippen molar-refractivity contribution in [3.63, 3.8) is 0 Å². The molecular formula is C8H8N4O2. The summed E-state index contributed by atoms with van der Waals surface area (Å²) in [4.78, 5) is 17.5. The number of hydrazine groups is 1. The second kappa shape index (κ2) is 3.00. The summed E-state index contributed by atoms with van der Waals surface area (Å²) in [6, 6.07) is 4.62. The molecule has 0 aliphatic heterocycles. The maximum Gasteiger partial charge on any atom is 0.335 e. The summed E-state index contributed by atoms with van der Waals surface area (Å²) in [5.41, 5.74) is 3.87. The molecule has 0 amide bonds. The first kappa shape index (κ1) is 8.52. The molecule has 1 aromatic heterocycles. The number of benzene rings is 1. The number of nitrogen functional groups attached to an aromatic ring is 1. The molecule has 0 aliphatic rings. The van der Waals surface area contributed by atoms with Crippen LogP contribution in [0, 0.1) is 0 Å². The first-order chi connectivity index (χ1) is 6.70. The highest BCUT2D eigenvalue weighted by atomic mass is 16.4. The second-order valence-electron chi connectivity index (χ2n) is 2.77. The Morgan fingerprint density at radius 1 is 1.57 bits per heavy atom. The van der Waals surface area contributed by atoms with E-state index in [1.165, 1.54) is 12.1 Å². The van der Waals surface area contributed by atoms with Crippen LogP contribution in [0.15, 0.2) is 18.2 Å². The number of H-pyrrole nitrogens is 1. The van der Waals surface area contributed by atoms with Gasteiger partial charge in [0.05, 0.1) is 16.6 Å². The lowest BCUT2D eigenvalue weighted by atomic mass is 10.2. The van der Waals surface area contributed by atoms with Crippen LogP contribution in [0.1, 0.15) is 10.4 Å². The maximum atomic E-state index is 10.6. The van der Waals surface area contributed by atoms with Gasteiger partial charge in [-0.3, -0.25) is 5.43 Å². The Morgan fingerprint density at radius 3 is 3.00 bits per heavy atom. The summed E-state index contributed by atoms with van der Waals surface area (Å²) in [7, 11) is 0. The van der Waals surface area contributed by atoms with E-state index in [1.54, 1.807) is 6.07 Å². The van der Waals surface area contributed by atoms with Crippen LogP contribution in [-0.2, 0) is 0 Å². The number of hydrogen-bond donors (Lipinski definition) is 4. The van der Waals surface area contributed by atoms with Crippen molar-refractivity contribution >= 4 is 23.0 Å². The summed E-state index contributed by atoms with van der Waals surface area (Å²) in [6.07, 6.45) is 0. The molecule has 0 aliphatic carbocycles. The van der Waals surface area contributed by atoms with E-state index in [4.69, 9.17) is 10.9 Å². The van der Waals surface area contributed by atoms with Crippen LogP contribution in [0.25, 0.3) is 11.0 Å². The number of hydrogen-bond acceptors (Lipinski definition) is 4. The lowest BCUT2D eigenvalue weighted by Crippen LogP contribution is -2.07. The minimum Gasteiger partial charge on any atom is -0.478 e. The minimum atomic E-state index is -0.969. The number of aromatic amines is 1. The van der Waals surface area contributed by atoms with E-state index >= 15 is 0 Å². The molecule has 1 aromatic carbocycles. The smallest absolute Gasteiger partial charge is 0.335 e. The maximum absolute atomic E-state index is 10.6. The summed E-state index contributed by atoms with van der Waals surface area (Å²) in [5.74, 6) is 4.59. The van der Waals surface area contributed by atoms with E-state index in [9.17, 15) is 4.79 Å². The number of aromatic carboxylic acids is 1. The van der Waals surface area contributed by atoms with Crippen molar-refractivity contribution in [3.05, 3.63) is 23.8 Å². The third-order valence-corrected chi connectivity index (χ3v) is 1.87. The monoisotopic (exact) mass is 192 g/mol. The van der Waals surface area contributed by atoms with Gasteiger partial charge in [-0.15, -0.1) is 0 Å². The number of nitrogens with two attached hydrogens (primary N) is 1. The summed E-state index contributed by atoms with van der Waals surface area (Å²) in [5, 5.41) is 8.73. The molecule has 0 spiro atoms. The van der Waals surface area contributed by atoms with Gasteiger partial charge in [-0.25, -0.2) is 15.6 Å². The average molecular weight is 192 g/mol. The molecule has 0 unspecified atom stereocenters. The van der Waals surface area contributed by atoms with Crippen molar-refractivity contribution < 1.29 is 9.90 Å². The Hall–Kier alpha value is -2.08. The number of carboxylic acids is 1. The standard InChI is InChI=1S/C8H8N4O2/c9-12-8-10-5-2-1-4(7(13)14)3-6(5)11-8/h1-3H,9H2,(H,13,14)(H2,10,11,12). The molecule has 0 saturated heterocycles. The fraction of sp³-hybridized carbons (Fsp3) is 0. The van der Waals surface area contributed by atoms with E-state index in [2.05, 4.69) is 15.4 Å². The molecule has 2 aromatic rings. The van der Waals surface area contributed by atoms with E-state index < -0.39 is 5.97 Å². The fourth-order valence-corrected chi connectivity index (χ4v) is 1.21. The molecule has 1 heterocycles. The Bertz CT molecular complexity index is 491. The van der Waals surface area contributed by atoms with Crippen LogP contribution in [0.3, 0.4) is 0 Å². The van der Waals surface area contributed by atoms with Crippen LogP contribution in [0.2, 0.25) is 0 Å². The average Bonchev–Trinajstić information content (AvgIpc) is 2.58. The first-order valence-electron chi connectivity index (χ1n) is 3.90. The normalized spacial score (nSPS) is 10.4. The number of nitrogens with one attached hydrogen (secondary N) is 2. The summed E-state index contributed by atoms with van der Waals surface area (Å²) >= 11 is 0. The molecule has 6 heteroatoms. The lowest BCUT2D eigenvalue weighted by Gasteiger charge is -1.92. The predicted molar refractivity (Wildman–Crippen MR) is 50.9 cm³/mol. The van der Waals surface area contributed by atoms with Crippen LogP contribution in [0.4, 0.5) is 5.95 Å². The highest BCUT2D eigenvalue weighted by Gasteiger charge is 2.06. The van der Waals surface area contributed by atoms with Gasteiger partial charge >= 0.3 is 5.97 Å². The van der Waals surface area contributed by atoms with Crippen LogP contribution in [-0.4, -0.2) is 21.0 Å². The van der Waals surface area contributed by atoms with Crippen molar-refractivity contribution in [2.24, 2.45) is 5.84 Å². The Kier molecular flexibility index (Phi) is 1.83. The number of nitrogens with zero attached hydrogens (tertiary/aromatic N) is 1. The van der Waals surface area contributed by atoms with Gasteiger partial charge in [0.2, 0.25) is 5.95 Å². The SMILES string of the molecule is NNc1nc2ccc(C(=O)O)cc2[nH]1. The molecule has 5 N–H and O–H groups in total. The van der Waals surface area contributed by atoms with Crippen molar-refractivity contribution in [2.45, 2.75) is 0 Å². The lowest BCUT2D eigenvalue weighted by molar-refractivity contribution is 0.0697. The zero-order chi connectivity index (χ0) is 10.1. The fourth-order valence-electron chi connectivity index (χ4n) is 1.21. The molecule has 2 rings (SSSR count). The molecule has 6 nitrogen and oxygen atoms in total. The van der Waals surface area contributed by atoms with Crippen LogP contribution >= 0.6 is 0 Å². The van der Waals surface area contributed by atoms with Crippen LogP contribution < -0.4 is 11.3 Å². The predicted octanol–water partition coefficient (Wildman–Crippen LogP) is 0.547. The molecule has 0 bridgehead atoms. The molecule has 0 radical (unpaired) electrons. The molecule has 14 heavy (non-hydrogen) atoms. The summed E-state index contributed by atoms with van der Waals surface area (Å²) in [6.45, 7) is 0. The van der Waals surface area contributed by atoms with Gasteiger partial charge in [0, 0.05) is 0 Å². The third-order valence-electron chi connectivity index (χ3n) is 1.87. The molecule has 0 saturated carbocycles. The molecular weight excluding hydrogens is 184 g/mol. The number of carbonyl (C=O) groups is 1. The third kappa shape index (κ3) is 1.27. The highest BCUT2D eigenvalue weighted by molar-refractivity contribution is 5.92. The Labute approximate surface area is 78.7 Å². The number of fused-ring (bicyclic) bond motifs is 1. The van der Waals surface area contributed by atoms with Gasteiger partial charge in [0.15, 0.2) is 0 Å². The molecule has 72 valence electrons. The summed E-state index contributed by atoms with van der Waals surface area (Å²) < 4.78 is 0. The van der Waals surface area contributed by atoms with E-state index in [1.807, 2.05) is 0 Å². The van der Waals surface area contributed by atoms with E-state index in [0.29, 0.717) is 17.0 Å². The number of carboxylic acid groups (broad SMARTS) is 1. The quantitative estimate of drug-likeness (QED) is 0.411. The van der Waals surface area contributed by atoms with Crippen molar-refractivity contribution in [3.8, 4) is 0 Å². The van der Waals surface area contributed by atoms with E-state index in [0.717, 1.165) is 0 Å². The van der Waals surface area contributed by atoms with Crippen LogP contribution in [0.5, 0.6) is 0 Å². The van der Waals surface area contributed by atoms with Gasteiger partial charge in [-0.1, -0.05) is 0 Å². The zero-order valence-electron chi connectivity index (χ0n) is 7.11. The minimum absolute atomic E-state index is 0.213. The highest BCUT2D eigenvalue weighted by Crippen LogP contribution is 2.15. The van der Waals surface area contributed by atoms with Gasteiger partial charge in [0.25, 0.3) is 0 Å². The van der Waals surface area contributed by atoms with Crippen molar-refractivity contribution in [2.75, 3.05) is 5.43 Å². The van der Waals surface area contributed by atoms with Gasteiger partial charge in [-0.05, 0) is 18.2 Å². The molecule has 0 fully saturated rings. The zero-order valence-corrected chi connectivity index (χ0v) is 7.11. The molecule has 0 atom stereocenters. The number of rotatable bonds is 2. The topological polar surface area (TPSA) is 104 Å². The second-order valence-corrected chi connectivity index (χ2v) is 2.77. The van der Waals surface area contributed by atoms with Crippen molar-refractivity contribution in [1.29, 1.82) is 0 Å². The number of anilines is 1. The van der Waals surface area contributed by atoms with Gasteiger partial charge < -0.3 is 10.1 Å². The Balaban J connectivity index is 2.59. The van der Waals surface area contributed by atoms with E-state index in [-0.39, 0.29) is 5.56 Å². The largest absolute Gasteiger partial charge is 0.478 e. The first-order valence-corrected chi connectivity index (χ1v) is 3.90. The van der Waals surface area contributed by atoms with Gasteiger partial charge in [-0.2, -0.15) is 0 Å². The number of aromatic nitrogens is 2.